The van der Waals surface area contributed by atoms with E-state index in [9.17, 15) is 8.42 Å². The number of hydrogen-bond acceptors (Lipinski definition) is 5. The van der Waals surface area contributed by atoms with Crippen LogP contribution in [0.5, 0.6) is 0 Å². The van der Waals surface area contributed by atoms with Crippen LogP contribution in [-0.2, 0) is 34.3 Å². The Morgan fingerprint density at radius 1 is 1.00 bits per heavy atom. The molecule has 0 aliphatic carbocycles. The molecule has 1 aromatic carbocycles. The van der Waals surface area contributed by atoms with E-state index in [0.717, 1.165) is 6.42 Å². The van der Waals surface area contributed by atoms with Crippen molar-refractivity contribution in [1.29, 1.82) is 0 Å². The van der Waals surface area contributed by atoms with Crippen LogP contribution in [0.3, 0.4) is 0 Å². The standard InChI is InChI=1S/C16H17N3O3S/c20-23(21,13-16-8-11-22-18-16)12-15-7-10-19(17-15)9-6-14-4-2-1-3-5-14/h1-5,7-8,10-11H,6,9,12-13H2. The van der Waals surface area contributed by atoms with Gasteiger partial charge in [-0.15, -0.1) is 0 Å². The van der Waals surface area contributed by atoms with Gasteiger partial charge in [0, 0.05) is 18.8 Å². The van der Waals surface area contributed by atoms with Gasteiger partial charge in [0.25, 0.3) is 0 Å². The first-order valence-electron chi connectivity index (χ1n) is 7.27. The van der Waals surface area contributed by atoms with Gasteiger partial charge in [0.2, 0.25) is 0 Å². The third-order valence-corrected chi connectivity index (χ3v) is 4.87. The normalized spacial score (nSPS) is 11.7. The lowest BCUT2D eigenvalue weighted by atomic mass is 10.2. The molecular formula is C16H17N3O3S. The monoisotopic (exact) mass is 331 g/mol. The lowest BCUT2D eigenvalue weighted by Crippen LogP contribution is -2.09. The number of rotatable bonds is 7. The summed E-state index contributed by atoms with van der Waals surface area (Å²) in [6.45, 7) is 0.716. The van der Waals surface area contributed by atoms with Gasteiger partial charge in [0.05, 0.1) is 22.9 Å². The second-order valence-electron chi connectivity index (χ2n) is 5.33. The molecule has 0 saturated carbocycles. The van der Waals surface area contributed by atoms with E-state index in [0.29, 0.717) is 17.9 Å². The van der Waals surface area contributed by atoms with E-state index in [4.69, 9.17) is 0 Å². The Bertz CT molecular complexity index is 840. The molecule has 3 aromatic rings. The maximum Gasteiger partial charge on any atom is 0.161 e. The fraction of sp³-hybridized carbons (Fsp3) is 0.250. The van der Waals surface area contributed by atoms with E-state index in [1.807, 2.05) is 24.4 Å². The van der Waals surface area contributed by atoms with Crippen molar-refractivity contribution >= 4 is 9.84 Å². The van der Waals surface area contributed by atoms with Crippen LogP contribution in [-0.4, -0.2) is 23.4 Å². The van der Waals surface area contributed by atoms with Gasteiger partial charge >= 0.3 is 0 Å². The predicted octanol–water partition coefficient (Wildman–Crippen LogP) is 2.23. The molecule has 2 heterocycles. The van der Waals surface area contributed by atoms with Gasteiger partial charge in [-0.2, -0.15) is 5.10 Å². The van der Waals surface area contributed by atoms with Gasteiger partial charge in [0.15, 0.2) is 9.84 Å². The molecule has 6 nitrogen and oxygen atoms in total. The SMILES string of the molecule is O=S(=O)(Cc1ccon1)Cc1ccn(CCc2ccccc2)n1. The van der Waals surface area contributed by atoms with Crippen LogP contribution in [0, 0.1) is 0 Å². The molecule has 0 saturated heterocycles. The van der Waals surface area contributed by atoms with Gasteiger partial charge < -0.3 is 4.52 Å². The third-order valence-electron chi connectivity index (χ3n) is 3.40. The summed E-state index contributed by atoms with van der Waals surface area (Å²) in [6.07, 6.45) is 4.03. The Kier molecular flexibility index (Phi) is 4.57. The minimum absolute atomic E-state index is 0.0990. The van der Waals surface area contributed by atoms with Crippen molar-refractivity contribution in [3.63, 3.8) is 0 Å². The van der Waals surface area contributed by atoms with Gasteiger partial charge in [0.1, 0.15) is 6.26 Å². The van der Waals surface area contributed by atoms with Gasteiger partial charge in [-0.25, -0.2) is 8.42 Å². The molecule has 0 radical (unpaired) electrons. The molecule has 120 valence electrons. The van der Waals surface area contributed by atoms with E-state index >= 15 is 0 Å². The Morgan fingerprint density at radius 3 is 2.52 bits per heavy atom. The molecule has 2 aromatic heterocycles. The quantitative estimate of drug-likeness (QED) is 0.663. The Morgan fingerprint density at radius 2 is 1.78 bits per heavy atom. The zero-order chi connectivity index (χ0) is 16.1. The fourth-order valence-electron chi connectivity index (χ4n) is 2.31. The van der Waals surface area contributed by atoms with Crippen molar-refractivity contribution in [2.75, 3.05) is 0 Å². The summed E-state index contributed by atoms with van der Waals surface area (Å²) in [7, 11) is -3.31. The van der Waals surface area contributed by atoms with E-state index < -0.39 is 9.84 Å². The highest BCUT2D eigenvalue weighted by Crippen LogP contribution is 2.10. The predicted molar refractivity (Wildman–Crippen MR) is 85.2 cm³/mol. The summed E-state index contributed by atoms with van der Waals surface area (Å²) >= 11 is 0. The van der Waals surface area contributed by atoms with E-state index in [1.165, 1.54) is 11.8 Å². The fourth-order valence-corrected chi connectivity index (χ4v) is 3.61. The maximum atomic E-state index is 12.1. The van der Waals surface area contributed by atoms with Crippen molar-refractivity contribution in [3.05, 3.63) is 71.9 Å². The largest absolute Gasteiger partial charge is 0.364 e. The molecule has 0 aliphatic heterocycles. The topological polar surface area (TPSA) is 78.0 Å². The van der Waals surface area contributed by atoms with Gasteiger partial charge in [-0.3, -0.25) is 4.68 Å². The molecular weight excluding hydrogens is 314 g/mol. The lowest BCUT2D eigenvalue weighted by molar-refractivity contribution is 0.413. The zero-order valence-corrected chi connectivity index (χ0v) is 13.3. The molecule has 3 rings (SSSR count). The summed E-state index contributed by atoms with van der Waals surface area (Å²) < 4.78 is 30.7. The van der Waals surface area contributed by atoms with Gasteiger partial charge in [-0.05, 0) is 18.1 Å². The first-order chi connectivity index (χ1) is 11.1. The molecule has 0 spiro atoms. The molecule has 23 heavy (non-hydrogen) atoms. The Balaban J connectivity index is 1.58. The molecule has 7 heteroatoms. The number of benzene rings is 1. The van der Waals surface area contributed by atoms with E-state index in [-0.39, 0.29) is 11.5 Å². The lowest BCUT2D eigenvalue weighted by Gasteiger charge is -2.02. The number of sulfone groups is 1. The van der Waals surface area contributed by atoms with E-state index in [2.05, 4.69) is 26.9 Å². The summed E-state index contributed by atoms with van der Waals surface area (Å²) in [5.41, 5.74) is 2.18. The zero-order valence-electron chi connectivity index (χ0n) is 12.5. The first kappa shape index (κ1) is 15.5. The molecule has 0 N–H and O–H groups in total. The molecule has 0 unspecified atom stereocenters. The number of hydrogen-bond donors (Lipinski definition) is 0. The van der Waals surface area contributed by atoms with Crippen LogP contribution in [0.4, 0.5) is 0 Å². The number of aryl methyl sites for hydroxylation is 2. The van der Waals surface area contributed by atoms with Crippen LogP contribution >= 0.6 is 0 Å². The number of aromatic nitrogens is 3. The second kappa shape index (κ2) is 6.78. The average molecular weight is 331 g/mol. The van der Waals surface area contributed by atoms with Crippen LogP contribution < -0.4 is 0 Å². The van der Waals surface area contributed by atoms with Crippen molar-refractivity contribution in [3.8, 4) is 0 Å². The van der Waals surface area contributed by atoms with Crippen LogP contribution in [0.25, 0.3) is 0 Å². The molecule has 0 amide bonds. The maximum absolute atomic E-state index is 12.1. The highest BCUT2D eigenvalue weighted by Gasteiger charge is 2.16. The molecule has 0 atom stereocenters. The summed E-state index contributed by atoms with van der Waals surface area (Å²) in [5.74, 6) is -0.238. The molecule has 0 aliphatic rings. The number of nitrogens with zero attached hydrogens (tertiary/aromatic N) is 3. The summed E-state index contributed by atoms with van der Waals surface area (Å²) in [5, 5.41) is 7.96. The highest BCUT2D eigenvalue weighted by atomic mass is 32.2. The van der Waals surface area contributed by atoms with Gasteiger partial charge in [-0.1, -0.05) is 35.5 Å². The molecule has 0 fully saturated rings. The van der Waals surface area contributed by atoms with Crippen molar-refractivity contribution < 1.29 is 12.9 Å². The van der Waals surface area contributed by atoms with Crippen molar-refractivity contribution in [1.82, 2.24) is 14.9 Å². The van der Waals surface area contributed by atoms with Crippen molar-refractivity contribution in [2.45, 2.75) is 24.5 Å². The third kappa shape index (κ3) is 4.53. The summed E-state index contributed by atoms with van der Waals surface area (Å²) in [6, 6.07) is 13.4. The van der Waals surface area contributed by atoms with Crippen LogP contribution in [0.2, 0.25) is 0 Å². The summed E-state index contributed by atoms with van der Waals surface area (Å²) in [4.78, 5) is 0. The Labute approximate surface area is 134 Å². The average Bonchev–Trinajstić information content (AvgIpc) is 3.17. The van der Waals surface area contributed by atoms with Crippen LogP contribution in [0.1, 0.15) is 17.0 Å². The smallest absolute Gasteiger partial charge is 0.161 e. The van der Waals surface area contributed by atoms with Crippen molar-refractivity contribution in [2.24, 2.45) is 0 Å². The molecule has 0 bridgehead atoms. The second-order valence-corrected chi connectivity index (χ2v) is 7.39. The highest BCUT2D eigenvalue weighted by molar-refractivity contribution is 7.89. The minimum Gasteiger partial charge on any atom is -0.364 e. The van der Waals surface area contributed by atoms with E-state index in [1.54, 1.807) is 16.8 Å². The Hall–Kier alpha value is -2.41. The first-order valence-corrected chi connectivity index (χ1v) is 9.09. The van der Waals surface area contributed by atoms with Crippen LogP contribution in [0.15, 0.2) is 59.4 Å². The minimum atomic E-state index is -3.31.